The molecule has 0 radical (unpaired) electrons. The number of carbonyl (C=O) groups excluding carboxylic acids is 2. The van der Waals surface area contributed by atoms with Crippen molar-refractivity contribution in [3.8, 4) is 0 Å². The van der Waals surface area contributed by atoms with Crippen LogP contribution in [0.2, 0.25) is 0 Å². The number of oxime groups is 1. The average molecular weight is 633 g/mol. The van der Waals surface area contributed by atoms with Gasteiger partial charge in [0.2, 0.25) is 0 Å². The number of hydrogen-bond acceptors (Lipinski definition) is 8. The largest absolute Gasteiger partial charge is 0.451 e. The van der Waals surface area contributed by atoms with Gasteiger partial charge in [-0.1, -0.05) is 41.9 Å². The molecular formula is C38H52N2O6. The molecule has 6 unspecified atom stereocenters. The molecule has 0 heterocycles. The molecule has 2 saturated carbocycles. The van der Waals surface area contributed by atoms with E-state index in [-0.39, 0.29) is 35.4 Å². The molecule has 8 heteroatoms. The molecule has 250 valence electrons. The number of Topliss-reactive ketones (excluding diaryl/α,β-unsaturated/α-hetero) is 1. The Bertz CT molecular complexity index is 1420. The monoisotopic (exact) mass is 632 g/mol. The highest BCUT2D eigenvalue weighted by Gasteiger charge is 2.67. The number of ether oxygens (including phenoxy) is 3. The fraction of sp³-hybridized carbons (Fsp3) is 0.605. The van der Waals surface area contributed by atoms with Gasteiger partial charge in [0.25, 0.3) is 0 Å². The van der Waals surface area contributed by atoms with Crippen LogP contribution in [0.1, 0.15) is 77.7 Å². The van der Waals surface area contributed by atoms with Crippen LogP contribution < -0.4 is 4.90 Å². The van der Waals surface area contributed by atoms with Gasteiger partial charge in [-0.15, -0.1) is 0 Å². The minimum atomic E-state index is -1.12. The first-order chi connectivity index (χ1) is 21.9. The first-order valence-corrected chi connectivity index (χ1v) is 16.8. The van der Waals surface area contributed by atoms with Crippen molar-refractivity contribution in [1.29, 1.82) is 0 Å². The molecule has 4 aliphatic rings. The number of anilines is 1. The maximum Gasteiger partial charge on any atom is 0.303 e. The quantitative estimate of drug-likeness (QED) is 0.108. The van der Waals surface area contributed by atoms with Gasteiger partial charge in [-0.3, -0.25) is 9.59 Å². The topological polar surface area (TPSA) is 86.7 Å². The smallest absolute Gasteiger partial charge is 0.303 e. The number of allylic oxidation sites excluding steroid dienone is 5. The summed E-state index contributed by atoms with van der Waals surface area (Å²) >= 11 is 0. The van der Waals surface area contributed by atoms with Gasteiger partial charge in [0, 0.05) is 51.1 Å². The number of fused-ring (bicyclic) bond motifs is 4. The van der Waals surface area contributed by atoms with E-state index in [1.165, 1.54) is 29.2 Å². The van der Waals surface area contributed by atoms with E-state index < -0.39 is 11.0 Å². The van der Waals surface area contributed by atoms with Crippen molar-refractivity contribution in [3.05, 3.63) is 64.8 Å². The van der Waals surface area contributed by atoms with Crippen molar-refractivity contribution in [2.45, 2.75) is 77.7 Å². The van der Waals surface area contributed by atoms with Crippen LogP contribution in [0.25, 0.3) is 0 Å². The summed E-state index contributed by atoms with van der Waals surface area (Å²) in [4.78, 5) is 33.9. The van der Waals surface area contributed by atoms with Gasteiger partial charge in [-0.2, -0.15) is 0 Å². The highest BCUT2D eigenvalue weighted by molar-refractivity contribution is 5.97. The molecule has 0 N–H and O–H groups in total. The first kappa shape index (κ1) is 34.1. The molecule has 5 rings (SSSR count). The predicted octanol–water partition coefficient (Wildman–Crippen LogP) is 6.81. The van der Waals surface area contributed by atoms with Crippen molar-refractivity contribution >= 4 is 23.2 Å². The van der Waals surface area contributed by atoms with Gasteiger partial charge in [0.15, 0.2) is 11.4 Å². The third-order valence-corrected chi connectivity index (χ3v) is 11.2. The lowest BCUT2D eigenvalue weighted by Crippen LogP contribution is -2.57. The van der Waals surface area contributed by atoms with Gasteiger partial charge < -0.3 is 23.9 Å². The lowest BCUT2D eigenvalue weighted by molar-refractivity contribution is -0.182. The van der Waals surface area contributed by atoms with E-state index in [0.717, 1.165) is 49.1 Å². The zero-order valence-electron chi connectivity index (χ0n) is 28.8. The molecule has 4 aliphatic carbocycles. The third kappa shape index (κ3) is 6.23. The molecule has 6 atom stereocenters. The van der Waals surface area contributed by atoms with Crippen molar-refractivity contribution in [3.63, 3.8) is 0 Å². The van der Waals surface area contributed by atoms with Crippen LogP contribution in [0.15, 0.2) is 64.4 Å². The Morgan fingerprint density at radius 2 is 1.76 bits per heavy atom. The van der Waals surface area contributed by atoms with Crippen molar-refractivity contribution < 1.29 is 28.6 Å². The van der Waals surface area contributed by atoms with Gasteiger partial charge in [-0.05, 0) is 99.1 Å². The second-order valence-corrected chi connectivity index (χ2v) is 14.1. The number of methoxy groups -OCH3 is 1. The molecule has 1 aromatic rings. The Hall–Kier alpha value is -3.23. The molecule has 1 aromatic carbocycles. The van der Waals surface area contributed by atoms with Gasteiger partial charge in [0.1, 0.15) is 6.61 Å². The molecule has 2 fully saturated rings. The zero-order chi connectivity index (χ0) is 33.2. The Morgan fingerprint density at radius 3 is 2.39 bits per heavy atom. The summed E-state index contributed by atoms with van der Waals surface area (Å²) in [6, 6.07) is 8.86. The molecule has 0 bridgehead atoms. The first-order valence-electron chi connectivity index (χ1n) is 16.8. The zero-order valence-corrected chi connectivity index (χ0v) is 28.8. The summed E-state index contributed by atoms with van der Waals surface area (Å²) in [6.45, 7) is 13.8. The highest BCUT2D eigenvalue weighted by atomic mass is 16.6. The van der Waals surface area contributed by atoms with E-state index in [4.69, 9.17) is 19.0 Å². The molecule has 0 amide bonds. The van der Waals surface area contributed by atoms with Crippen molar-refractivity contribution in [2.24, 2.45) is 28.3 Å². The van der Waals surface area contributed by atoms with Crippen LogP contribution >= 0.6 is 0 Å². The molecule has 0 aliphatic heterocycles. The second kappa shape index (κ2) is 13.9. The number of ketones is 1. The van der Waals surface area contributed by atoms with Gasteiger partial charge in [-0.25, -0.2) is 0 Å². The Kier molecular flexibility index (Phi) is 10.3. The molecule has 0 saturated heterocycles. The standard InChI is InChI=1S/C38H52N2O6/c1-24(2)31-22-33-35-15-16-38(25(3)41,46-26(4)42)37(35,5)23-34(27-9-12-29(13-10-27)40(6)7)36(33)30-14-11-28(21-32(30)31)39-45-20-19-44-18-17-43-8/h9-10,12-13,21,31,33-35H,1,11,14-20,22-23H2,2-8H3/b39-28-. The summed E-state index contributed by atoms with van der Waals surface area (Å²) in [5, 5.41) is 4.51. The minimum absolute atomic E-state index is 0.0408. The summed E-state index contributed by atoms with van der Waals surface area (Å²) in [6.07, 6.45) is 7.00. The van der Waals surface area contributed by atoms with E-state index >= 15 is 0 Å². The fourth-order valence-corrected chi connectivity index (χ4v) is 9.07. The number of rotatable bonds is 12. The molecule has 46 heavy (non-hydrogen) atoms. The van der Waals surface area contributed by atoms with Crippen LogP contribution in [-0.2, 0) is 28.6 Å². The van der Waals surface area contributed by atoms with E-state index in [0.29, 0.717) is 32.8 Å². The normalized spacial score (nSPS) is 31.0. The number of benzene rings is 1. The van der Waals surface area contributed by atoms with E-state index in [9.17, 15) is 9.59 Å². The van der Waals surface area contributed by atoms with Crippen LogP contribution in [0.5, 0.6) is 0 Å². The Labute approximate surface area is 274 Å². The van der Waals surface area contributed by atoms with E-state index in [1.807, 2.05) is 0 Å². The molecule has 0 spiro atoms. The number of carbonyl (C=O) groups is 2. The van der Waals surface area contributed by atoms with E-state index in [2.05, 4.69) is 74.9 Å². The molecular weight excluding hydrogens is 580 g/mol. The Morgan fingerprint density at radius 1 is 1.04 bits per heavy atom. The summed E-state index contributed by atoms with van der Waals surface area (Å²) in [5.74, 6) is 0.313. The molecule has 0 aromatic heterocycles. The minimum Gasteiger partial charge on any atom is -0.451 e. The average Bonchev–Trinajstić information content (AvgIpc) is 3.31. The second-order valence-electron chi connectivity index (χ2n) is 14.1. The van der Waals surface area contributed by atoms with Crippen molar-refractivity contribution in [2.75, 3.05) is 52.5 Å². The summed E-state index contributed by atoms with van der Waals surface area (Å²) < 4.78 is 16.7. The van der Waals surface area contributed by atoms with Gasteiger partial charge >= 0.3 is 5.97 Å². The Balaban J connectivity index is 1.58. The number of nitrogens with zero attached hydrogens (tertiary/aromatic N) is 2. The maximum absolute atomic E-state index is 13.5. The van der Waals surface area contributed by atoms with Crippen molar-refractivity contribution in [1.82, 2.24) is 0 Å². The summed E-state index contributed by atoms with van der Waals surface area (Å²) in [5.41, 5.74) is 7.07. The van der Waals surface area contributed by atoms with Gasteiger partial charge in [0.05, 0.1) is 25.5 Å². The number of esters is 1. The predicted molar refractivity (Wildman–Crippen MR) is 181 cm³/mol. The lowest BCUT2D eigenvalue weighted by atomic mass is 9.49. The fourth-order valence-electron chi connectivity index (χ4n) is 9.07. The van der Waals surface area contributed by atoms with Crippen LogP contribution in [0.4, 0.5) is 5.69 Å². The summed E-state index contributed by atoms with van der Waals surface area (Å²) in [7, 11) is 5.76. The number of hydrogen-bond donors (Lipinski definition) is 0. The maximum atomic E-state index is 13.5. The van der Waals surface area contributed by atoms with E-state index in [1.54, 1.807) is 14.0 Å². The molecule has 8 nitrogen and oxygen atoms in total. The third-order valence-electron chi connectivity index (χ3n) is 11.2. The van der Waals surface area contributed by atoms with Crippen LogP contribution in [0, 0.1) is 23.2 Å². The van der Waals surface area contributed by atoms with Crippen LogP contribution in [-0.4, -0.2) is 70.7 Å². The van der Waals surface area contributed by atoms with Crippen LogP contribution in [0.3, 0.4) is 0 Å². The lowest BCUT2D eigenvalue weighted by Gasteiger charge is -2.56. The SMILES string of the molecule is C=C(C)C1CC2C(=C3CC/C(=N/OCCOCCOC)C=C31)C(c1ccc(N(C)C)cc1)CC1(C)C2CCC1(OC(C)=O)C(C)=O. The highest BCUT2D eigenvalue weighted by Crippen LogP contribution is 2.68.